The van der Waals surface area contributed by atoms with Crippen molar-refractivity contribution in [2.45, 2.75) is 57.5 Å². The highest BCUT2D eigenvalue weighted by molar-refractivity contribution is 5.96. The maximum atomic E-state index is 12.7. The molecule has 0 saturated heterocycles. The van der Waals surface area contributed by atoms with Gasteiger partial charge >= 0.3 is 5.97 Å². The van der Waals surface area contributed by atoms with Gasteiger partial charge in [-0.3, -0.25) is 9.59 Å². The van der Waals surface area contributed by atoms with Gasteiger partial charge in [-0.2, -0.15) is 9.97 Å². The molecular formula is C26H30N8O4. The number of fused-ring (bicyclic) bond motifs is 1. The molecule has 0 aliphatic carbocycles. The van der Waals surface area contributed by atoms with Crippen LogP contribution in [0, 0.1) is 12.3 Å². The summed E-state index contributed by atoms with van der Waals surface area (Å²) in [7, 11) is 0. The van der Waals surface area contributed by atoms with Gasteiger partial charge in [0.05, 0.1) is 11.9 Å². The summed E-state index contributed by atoms with van der Waals surface area (Å²) in [5, 5.41) is 14.7. The van der Waals surface area contributed by atoms with Gasteiger partial charge in [0.25, 0.3) is 5.91 Å². The van der Waals surface area contributed by atoms with Crippen LogP contribution in [0.1, 0.15) is 60.6 Å². The normalized spacial score (nSPS) is 12.5. The summed E-state index contributed by atoms with van der Waals surface area (Å²) in [6, 6.07) is 5.45. The fourth-order valence-electron chi connectivity index (χ4n) is 3.86. The number of nitrogens with two attached hydrogens (primary N) is 2. The first-order chi connectivity index (χ1) is 18.1. The number of benzene rings is 1. The molecule has 0 spiro atoms. The zero-order valence-electron chi connectivity index (χ0n) is 21.1. The first-order valence-corrected chi connectivity index (χ1v) is 12.0. The topological polar surface area (TPSA) is 199 Å². The summed E-state index contributed by atoms with van der Waals surface area (Å²) in [4.78, 5) is 52.9. The number of carboxylic acid groups (broad SMARTS) is 1. The molecule has 2 atom stereocenters. The molecule has 0 bridgehead atoms. The van der Waals surface area contributed by atoms with Gasteiger partial charge in [-0.1, -0.05) is 12.1 Å². The van der Waals surface area contributed by atoms with Crippen molar-refractivity contribution in [1.29, 1.82) is 0 Å². The number of nitrogens with zero attached hydrogens (tertiary/aromatic N) is 4. The Kier molecular flexibility index (Phi) is 9.10. The van der Waals surface area contributed by atoms with Gasteiger partial charge in [-0.05, 0) is 44.4 Å². The maximum absolute atomic E-state index is 12.7. The second-order valence-electron chi connectivity index (χ2n) is 9.06. The number of hydrogen-bond donors (Lipinski definition) is 5. The summed E-state index contributed by atoms with van der Waals surface area (Å²) in [6.45, 7) is 3.62. The fraction of sp³-hybridized carbons (Fsp3) is 0.346. The zero-order valence-corrected chi connectivity index (χ0v) is 21.1. The van der Waals surface area contributed by atoms with E-state index >= 15 is 0 Å². The molecule has 2 amide bonds. The third-order valence-electron chi connectivity index (χ3n) is 5.68. The van der Waals surface area contributed by atoms with E-state index in [2.05, 4.69) is 36.5 Å². The quantitative estimate of drug-likeness (QED) is 0.231. The molecule has 2 aromatic heterocycles. The van der Waals surface area contributed by atoms with Crippen molar-refractivity contribution in [2.75, 3.05) is 11.5 Å². The van der Waals surface area contributed by atoms with Gasteiger partial charge < -0.3 is 27.2 Å². The van der Waals surface area contributed by atoms with Crippen molar-refractivity contribution in [3.63, 3.8) is 0 Å². The minimum absolute atomic E-state index is 0.0117. The lowest BCUT2D eigenvalue weighted by molar-refractivity contribution is -0.139. The zero-order chi connectivity index (χ0) is 27.8. The minimum atomic E-state index is -1.22. The number of carbonyl (C=O) groups is 3. The van der Waals surface area contributed by atoms with E-state index in [1.54, 1.807) is 30.5 Å². The van der Waals surface area contributed by atoms with Crippen molar-refractivity contribution >= 4 is 40.7 Å². The van der Waals surface area contributed by atoms with Crippen LogP contribution in [0.2, 0.25) is 0 Å². The molecule has 198 valence electrons. The number of amides is 2. The lowest BCUT2D eigenvalue weighted by Gasteiger charge is -2.17. The number of nitrogens with one attached hydrogen (secondary N) is 2. The van der Waals surface area contributed by atoms with Crippen molar-refractivity contribution in [2.24, 2.45) is 0 Å². The van der Waals surface area contributed by atoms with Crippen molar-refractivity contribution < 1.29 is 19.5 Å². The fourth-order valence-corrected chi connectivity index (χ4v) is 3.86. The highest BCUT2D eigenvalue weighted by Gasteiger charge is 2.22. The van der Waals surface area contributed by atoms with E-state index in [0.717, 1.165) is 5.56 Å². The molecule has 0 fully saturated rings. The third kappa shape index (κ3) is 7.36. The van der Waals surface area contributed by atoms with E-state index < -0.39 is 17.9 Å². The average molecular weight is 519 g/mol. The Morgan fingerprint density at radius 1 is 1.08 bits per heavy atom. The Morgan fingerprint density at radius 3 is 2.42 bits per heavy atom. The number of anilines is 2. The van der Waals surface area contributed by atoms with Gasteiger partial charge in [0.1, 0.15) is 6.04 Å². The molecule has 1 unspecified atom stereocenters. The number of carboxylic acids is 1. The van der Waals surface area contributed by atoms with Crippen LogP contribution in [-0.4, -0.2) is 54.9 Å². The number of rotatable bonds is 11. The van der Waals surface area contributed by atoms with Crippen LogP contribution in [0.4, 0.5) is 11.8 Å². The van der Waals surface area contributed by atoms with E-state index in [9.17, 15) is 19.5 Å². The monoisotopic (exact) mass is 518 g/mol. The van der Waals surface area contributed by atoms with Gasteiger partial charge in [0, 0.05) is 30.4 Å². The average Bonchev–Trinajstić information content (AvgIpc) is 2.86. The Hall–Kier alpha value is -4.79. The number of aliphatic carboxylic acids is 1. The maximum Gasteiger partial charge on any atom is 0.326 e. The lowest BCUT2D eigenvalue weighted by atomic mass is 9.91. The molecule has 12 nitrogen and oxygen atoms in total. The SMILES string of the molecule is C#CCC(Cc1cnc2nc(N)nc(N)c2n1)c1ccc(C(=O)N[C@@H](CCC(=O)NC(C)C)C(=O)O)cc1. The molecule has 1 aromatic carbocycles. The van der Waals surface area contributed by atoms with Gasteiger partial charge in [-0.25, -0.2) is 14.8 Å². The molecule has 38 heavy (non-hydrogen) atoms. The molecule has 7 N–H and O–H groups in total. The number of hydrogen-bond acceptors (Lipinski definition) is 9. The van der Waals surface area contributed by atoms with Crippen LogP contribution >= 0.6 is 0 Å². The smallest absolute Gasteiger partial charge is 0.326 e. The first-order valence-electron chi connectivity index (χ1n) is 12.0. The van der Waals surface area contributed by atoms with Gasteiger partial charge in [-0.15, -0.1) is 12.3 Å². The largest absolute Gasteiger partial charge is 0.480 e. The highest BCUT2D eigenvalue weighted by atomic mass is 16.4. The van der Waals surface area contributed by atoms with E-state index in [1.165, 1.54) is 0 Å². The molecule has 0 aliphatic heterocycles. The molecule has 0 saturated carbocycles. The van der Waals surface area contributed by atoms with E-state index in [1.807, 2.05) is 13.8 Å². The Balaban J connectivity index is 1.70. The predicted octanol–water partition coefficient (Wildman–Crippen LogP) is 1.42. The Morgan fingerprint density at radius 2 is 1.79 bits per heavy atom. The number of aromatic nitrogens is 4. The summed E-state index contributed by atoms with van der Waals surface area (Å²) in [5.41, 5.74) is 13.9. The molecule has 2 heterocycles. The van der Waals surface area contributed by atoms with E-state index in [4.69, 9.17) is 17.9 Å². The van der Waals surface area contributed by atoms with Crippen LogP contribution < -0.4 is 22.1 Å². The lowest BCUT2D eigenvalue weighted by Crippen LogP contribution is -2.42. The van der Waals surface area contributed by atoms with Crippen molar-refractivity contribution in [1.82, 2.24) is 30.6 Å². The molecule has 3 aromatic rings. The number of carbonyl (C=O) groups excluding carboxylic acids is 2. The second-order valence-corrected chi connectivity index (χ2v) is 9.06. The van der Waals surface area contributed by atoms with Gasteiger partial charge in [0.2, 0.25) is 11.9 Å². The van der Waals surface area contributed by atoms with Crippen molar-refractivity contribution in [3.05, 3.63) is 47.3 Å². The summed E-state index contributed by atoms with van der Waals surface area (Å²) in [5.74, 6) is 0.618. The first kappa shape index (κ1) is 27.8. The molecular weight excluding hydrogens is 488 g/mol. The van der Waals surface area contributed by atoms with Crippen LogP contribution in [0.5, 0.6) is 0 Å². The van der Waals surface area contributed by atoms with Gasteiger partial charge in [0.15, 0.2) is 17.0 Å². The number of nitrogen functional groups attached to an aromatic ring is 2. The second kappa shape index (κ2) is 12.4. The van der Waals surface area contributed by atoms with Crippen LogP contribution in [0.25, 0.3) is 11.2 Å². The van der Waals surface area contributed by atoms with Crippen LogP contribution in [0.15, 0.2) is 30.5 Å². The highest BCUT2D eigenvalue weighted by Crippen LogP contribution is 2.25. The molecule has 0 aliphatic rings. The molecule has 12 heteroatoms. The minimum Gasteiger partial charge on any atom is -0.480 e. The standard InChI is InChI=1S/C26H30N8O4/c1-4-5-17(12-18-13-29-23-21(31-18)22(27)33-26(28)34-23)15-6-8-16(9-7-15)24(36)32-19(25(37)38)10-11-20(35)30-14(2)3/h1,6-9,13-14,17,19H,5,10-12H2,2-3H3,(H,30,35)(H,32,36)(H,37,38)(H4,27,28,29,33,34)/t17?,19-/m0/s1. The van der Waals surface area contributed by atoms with Crippen LogP contribution in [0.3, 0.4) is 0 Å². The Bertz CT molecular complexity index is 1370. The van der Waals surface area contributed by atoms with Crippen LogP contribution in [-0.2, 0) is 16.0 Å². The molecule has 0 radical (unpaired) electrons. The Labute approximate surface area is 219 Å². The summed E-state index contributed by atoms with van der Waals surface area (Å²) >= 11 is 0. The summed E-state index contributed by atoms with van der Waals surface area (Å²) < 4.78 is 0. The van der Waals surface area contributed by atoms with E-state index in [0.29, 0.717) is 29.7 Å². The molecule has 3 rings (SSSR count). The third-order valence-corrected chi connectivity index (χ3v) is 5.68. The van der Waals surface area contributed by atoms with E-state index in [-0.39, 0.29) is 48.0 Å². The summed E-state index contributed by atoms with van der Waals surface area (Å²) in [6.07, 6.45) is 7.97. The van der Waals surface area contributed by atoms with Crippen molar-refractivity contribution in [3.8, 4) is 12.3 Å². The predicted molar refractivity (Wildman–Crippen MR) is 142 cm³/mol. The number of terminal acetylenes is 1.